The van der Waals surface area contributed by atoms with Crippen LogP contribution in [0.4, 0.5) is 0 Å². The molecule has 0 amide bonds. The van der Waals surface area contributed by atoms with Gasteiger partial charge in [0, 0.05) is 5.56 Å². The quantitative estimate of drug-likeness (QED) is 0.561. The molecule has 1 rings (SSSR count). The van der Waals surface area contributed by atoms with Gasteiger partial charge in [0.15, 0.2) is 5.78 Å². The van der Waals surface area contributed by atoms with Crippen molar-refractivity contribution < 1.29 is 64.1 Å². The van der Waals surface area contributed by atoms with Crippen LogP contribution in [-0.2, 0) is 0 Å². The van der Waals surface area contributed by atoms with Gasteiger partial charge in [0.1, 0.15) is 0 Å². The first kappa shape index (κ1) is 14.9. The molecular weight excluding hydrogens is 304 g/mol. The summed E-state index contributed by atoms with van der Waals surface area (Å²) in [5.74, 6) is -0.374. The molecule has 0 aliphatic carbocycles. The molecule has 0 spiro atoms. The number of benzene rings is 1. The van der Waals surface area contributed by atoms with Gasteiger partial charge in [-0.25, -0.2) is 0 Å². The Balaban J connectivity index is 0. The topological polar surface area (TPSA) is 40.1 Å². The van der Waals surface area contributed by atoms with E-state index in [0.717, 1.165) is 0 Å². The second-order valence-corrected chi connectivity index (χ2v) is 2.05. The first-order chi connectivity index (χ1) is 4.72. The van der Waals surface area contributed by atoms with Gasteiger partial charge < -0.3 is 17.5 Å². The van der Waals surface area contributed by atoms with Gasteiger partial charge in [-0.1, -0.05) is 30.0 Å². The third-order valence-electron chi connectivity index (χ3n) is 1.27. The fraction of sp³-hybridized carbons (Fsp3) is 0.125. The van der Waals surface area contributed by atoms with Crippen LogP contribution < -0.4 is 17.5 Å². The summed E-state index contributed by atoms with van der Waals surface area (Å²) in [5.41, 5.74) is 0.266. The van der Waals surface area contributed by atoms with Crippen molar-refractivity contribution in [1.29, 1.82) is 0 Å². The third kappa shape index (κ3) is 3.84. The molecule has 0 saturated heterocycles. The van der Waals surface area contributed by atoms with Gasteiger partial charge >= 0.3 is 41.7 Å². The van der Waals surface area contributed by atoms with E-state index in [1.165, 1.54) is 19.1 Å². The van der Waals surface area contributed by atoms with Crippen molar-refractivity contribution in [2.45, 2.75) is 6.92 Å². The van der Waals surface area contributed by atoms with Crippen LogP contribution in [0.1, 0.15) is 17.3 Å². The molecule has 1 radical (unpaired) electrons. The molecule has 0 bridgehead atoms. The Labute approximate surface area is 111 Å². The fourth-order valence-corrected chi connectivity index (χ4v) is 0.757. The first-order valence-electron chi connectivity index (χ1n) is 2.99. The number of para-hydroxylation sites is 1. The molecular formula is C8H7CeClO2+. The summed E-state index contributed by atoms with van der Waals surface area (Å²) in [4.78, 5) is 10.7. The van der Waals surface area contributed by atoms with Gasteiger partial charge in [0.05, 0.1) is 0 Å². The predicted octanol–water partition coefficient (Wildman–Crippen LogP) is -2.03. The SMILES string of the molecule is CC(=O)c1ccccc1[O-].[Ce+3].[Cl-]. The maximum Gasteiger partial charge on any atom is 3.00 e. The minimum absolute atomic E-state index is 0. The smallest absolute Gasteiger partial charge is 1.00 e. The average Bonchev–Trinajstić information content (AvgIpc) is 1.88. The van der Waals surface area contributed by atoms with Crippen molar-refractivity contribution in [2.75, 3.05) is 0 Å². The van der Waals surface area contributed by atoms with E-state index in [9.17, 15) is 9.90 Å². The molecule has 0 fully saturated rings. The van der Waals surface area contributed by atoms with E-state index in [-0.39, 0.29) is 71.3 Å². The normalized spacial score (nSPS) is 7.75. The van der Waals surface area contributed by atoms with Gasteiger partial charge in [-0.2, -0.15) is 0 Å². The van der Waals surface area contributed by atoms with E-state index < -0.39 is 0 Å². The minimum atomic E-state index is -0.199. The standard InChI is InChI=1S/C8H8O2.Ce.ClH/c1-6(9)7-4-2-3-5-8(7)10;;/h2-5,10H,1H3;;1H/q;+3;/p-2. The van der Waals surface area contributed by atoms with Crippen molar-refractivity contribution in [3.63, 3.8) is 0 Å². The van der Waals surface area contributed by atoms with E-state index in [4.69, 9.17) is 0 Å². The summed E-state index contributed by atoms with van der Waals surface area (Å²) in [5, 5.41) is 10.8. The summed E-state index contributed by atoms with van der Waals surface area (Å²) < 4.78 is 0. The summed E-state index contributed by atoms with van der Waals surface area (Å²) in [6.45, 7) is 1.39. The Kier molecular flexibility index (Phi) is 8.45. The summed E-state index contributed by atoms with van der Waals surface area (Å²) in [6, 6.07) is 6.22. The molecule has 0 aromatic heterocycles. The van der Waals surface area contributed by atoms with Crippen LogP contribution in [0.25, 0.3) is 0 Å². The fourth-order valence-electron chi connectivity index (χ4n) is 0.757. The summed E-state index contributed by atoms with van der Waals surface area (Å²) >= 11 is 0. The molecule has 0 saturated carbocycles. The van der Waals surface area contributed by atoms with Crippen molar-refractivity contribution in [1.82, 2.24) is 0 Å². The molecule has 4 heteroatoms. The van der Waals surface area contributed by atoms with E-state index in [0.29, 0.717) is 0 Å². The molecule has 1 aromatic carbocycles. The van der Waals surface area contributed by atoms with Crippen molar-refractivity contribution in [3.8, 4) is 5.75 Å². The third-order valence-corrected chi connectivity index (χ3v) is 1.27. The monoisotopic (exact) mass is 310 g/mol. The van der Waals surface area contributed by atoms with E-state index in [2.05, 4.69) is 0 Å². The Morgan fingerprint density at radius 1 is 1.33 bits per heavy atom. The molecule has 0 heterocycles. The van der Waals surface area contributed by atoms with E-state index in [1.807, 2.05) is 0 Å². The van der Waals surface area contributed by atoms with Crippen LogP contribution in [0.2, 0.25) is 0 Å². The maximum absolute atomic E-state index is 10.8. The largest absolute Gasteiger partial charge is 3.00 e. The van der Waals surface area contributed by atoms with Gasteiger partial charge in [-0.3, -0.25) is 4.79 Å². The van der Waals surface area contributed by atoms with Gasteiger partial charge in [0.2, 0.25) is 0 Å². The van der Waals surface area contributed by atoms with Crippen LogP contribution in [-0.4, -0.2) is 5.78 Å². The number of Topliss-reactive ketones (excluding diaryl/α,β-unsaturated/α-hetero) is 1. The zero-order valence-corrected chi connectivity index (χ0v) is 10.4. The van der Waals surface area contributed by atoms with Gasteiger partial charge in [0.25, 0.3) is 0 Å². The Morgan fingerprint density at radius 3 is 2.17 bits per heavy atom. The Bertz CT molecular complexity index is 263. The van der Waals surface area contributed by atoms with E-state index >= 15 is 0 Å². The first-order valence-corrected chi connectivity index (χ1v) is 2.99. The number of hydrogen-bond donors (Lipinski definition) is 0. The van der Waals surface area contributed by atoms with Crippen LogP contribution >= 0.6 is 0 Å². The number of carbonyl (C=O) groups excluding carboxylic acids is 1. The Morgan fingerprint density at radius 2 is 1.83 bits per heavy atom. The molecule has 61 valence electrons. The van der Waals surface area contributed by atoms with Gasteiger partial charge in [-0.05, 0) is 6.92 Å². The van der Waals surface area contributed by atoms with E-state index in [1.54, 1.807) is 12.1 Å². The number of hydrogen-bond acceptors (Lipinski definition) is 2. The predicted molar refractivity (Wildman–Crippen MR) is 35.9 cm³/mol. The molecule has 0 unspecified atom stereocenters. The average molecular weight is 311 g/mol. The molecule has 12 heavy (non-hydrogen) atoms. The van der Waals surface area contributed by atoms with Crippen LogP contribution in [0.3, 0.4) is 0 Å². The molecule has 2 nitrogen and oxygen atoms in total. The second kappa shape index (κ2) is 6.83. The molecule has 0 N–H and O–H groups in total. The molecule has 0 atom stereocenters. The zero-order chi connectivity index (χ0) is 7.56. The van der Waals surface area contributed by atoms with Crippen molar-refractivity contribution in [3.05, 3.63) is 29.8 Å². The number of halogens is 1. The number of carbonyl (C=O) groups is 1. The summed E-state index contributed by atoms with van der Waals surface area (Å²) in [7, 11) is 0. The van der Waals surface area contributed by atoms with Crippen molar-refractivity contribution >= 4 is 5.78 Å². The Hall–Kier alpha value is 0.357. The van der Waals surface area contributed by atoms with Gasteiger partial charge in [-0.15, -0.1) is 0 Å². The maximum atomic E-state index is 10.8. The minimum Gasteiger partial charge on any atom is -1.00 e. The van der Waals surface area contributed by atoms with Crippen LogP contribution in [0.15, 0.2) is 24.3 Å². The zero-order valence-electron chi connectivity index (χ0n) is 6.50. The summed E-state index contributed by atoms with van der Waals surface area (Å²) in [6.07, 6.45) is 0. The molecule has 0 aliphatic rings. The second-order valence-electron chi connectivity index (χ2n) is 2.05. The molecule has 0 aliphatic heterocycles. The number of rotatable bonds is 1. The van der Waals surface area contributed by atoms with Crippen LogP contribution in [0.5, 0.6) is 5.75 Å². The number of ketones is 1. The van der Waals surface area contributed by atoms with Crippen LogP contribution in [0, 0.1) is 41.7 Å². The molecule has 1 aromatic rings. The van der Waals surface area contributed by atoms with Crippen molar-refractivity contribution in [2.24, 2.45) is 0 Å².